The molecule has 2 aromatic rings. The van der Waals surface area contributed by atoms with E-state index in [1.165, 1.54) is 20.5 Å². The van der Waals surface area contributed by atoms with Crippen LogP contribution < -0.4 is 5.73 Å². The Bertz CT molecular complexity index is 462. The topological polar surface area (TPSA) is 26.0 Å². The fourth-order valence-corrected chi connectivity index (χ4v) is 3.62. The second-order valence-corrected chi connectivity index (χ2v) is 4.94. The average molecular weight is 270 g/mol. The third-order valence-electron chi connectivity index (χ3n) is 2.35. The lowest BCUT2D eigenvalue weighted by Gasteiger charge is -1.97. The maximum Gasteiger partial charge on any atom is 0.0350 e. The first-order chi connectivity index (χ1) is 6.76. The lowest BCUT2D eigenvalue weighted by Crippen LogP contribution is -1.84. The molecule has 0 fully saturated rings. The quantitative estimate of drug-likeness (QED) is 0.649. The van der Waals surface area contributed by atoms with Crippen LogP contribution in [0.1, 0.15) is 17.4 Å². The molecule has 3 heteroatoms. The number of hydrogen-bond donors (Lipinski definition) is 1. The highest BCUT2D eigenvalue weighted by Crippen LogP contribution is 2.34. The molecule has 0 saturated carbocycles. The molecule has 0 aliphatic rings. The molecule has 0 saturated heterocycles. The molecule has 0 bridgehead atoms. The monoisotopic (exact) mass is 269 g/mol. The molecule has 1 aromatic heterocycles. The summed E-state index contributed by atoms with van der Waals surface area (Å²) < 4.78 is 1.34. The van der Waals surface area contributed by atoms with Crippen molar-refractivity contribution in [1.29, 1.82) is 0 Å². The van der Waals surface area contributed by atoms with Gasteiger partial charge in [0.2, 0.25) is 0 Å². The lowest BCUT2D eigenvalue weighted by atomic mass is 10.1. The number of aryl methyl sites for hydroxylation is 1. The van der Waals surface area contributed by atoms with Crippen LogP contribution in [-0.2, 0) is 11.8 Å². The Balaban J connectivity index is 2.74. The lowest BCUT2D eigenvalue weighted by molar-refractivity contribution is 1.16. The predicted molar refractivity (Wildman–Crippen MR) is 68.2 cm³/mol. The van der Waals surface area contributed by atoms with E-state index in [9.17, 15) is 0 Å². The normalized spacial score (nSPS) is 11.0. The van der Waals surface area contributed by atoms with Crippen molar-refractivity contribution >= 4 is 43.0 Å². The number of thiophene rings is 1. The summed E-state index contributed by atoms with van der Waals surface area (Å²) in [5, 5.41) is 2.23. The summed E-state index contributed by atoms with van der Waals surface area (Å²) in [6.45, 7) is 2.19. The summed E-state index contributed by atoms with van der Waals surface area (Å²) in [7, 11) is 0. The summed E-state index contributed by atoms with van der Waals surface area (Å²) in [6.07, 6.45) is 1.10. The molecule has 1 nitrogen and oxygen atoms in total. The molecule has 0 unspecified atom stereocenters. The molecule has 0 aliphatic heterocycles. The molecule has 14 heavy (non-hydrogen) atoms. The highest BCUT2D eigenvalue weighted by atomic mass is 79.9. The zero-order valence-electron chi connectivity index (χ0n) is 8.01. The van der Waals surface area contributed by atoms with Crippen LogP contribution >= 0.6 is 27.3 Å². The number of fused-ring (bicyclic) bond motifs is 1. The van der Waals surface area contributed by atoms with Crippen LogP contribution in [0.25, 0.3) is 10.1 Å². The smallest absolute Gasteiger partial charge is 0.0350 e. The first-order valence-corrected chi connectivity index (χ1v) is 6.55. The minimum Gasteiger partial charge on any atom is -0.399 e. The fraction of sp³-hybridized carbons (Fsp3) is 0.273. The predicted octanol–water partition coefficient (Wildman–Crippen LogP) is 3.94. The van der Waals surface area contributed by atoms with Gasteiger partial charge >= 0.3 is 0 Å². The Morgan fingerprint density at radius 3 is 2.86 bits per heavy atom. The molecule has 2 N–H and O–H groups in total. The fourth-order valence-electron chi connectivity index (χ4n) is 1.65. The van der Waals surface area contributed by atoms with Gasteiger partial charge in [0.1, 0.15) is 0 Å². The van der Waals surface area contributed by atoms with Gasteiger partial charge in [-0.15, -0.1) is 11.3 Å². The number of alkyl halides is 1. The minimum atomic E-state index is 0.847. The molecule has 1 heterocycles. The summed E-state index contributed by atoms with van der Waals surface area (Å²) in [5.41, 5.74) is 8.04. The van der Waals surface area contributed by atoms with Crippen molar-refractivity contribution in [2.45, 2.75) is 18.7 Å². The molecule has 0 spiro atoms. The van der Waals surface area contributed by atoms with E-state index in [-0.39, 0.29) is 0 Å². The van der Waals surface area contributed by atoms with Gasteiger partial charge in [-0.05, 0) is 35.6 Å². The Morgan fingerprint density at radius 1 is 1.43 bits per heavy atom. The van der Waals surface area contributed by atoms with Gasteiger partial charge in [0, 0.05) is 20.6 Å². The van der Waals surface area contributed by atoms with E-state index in [4.69, 9.17) is 5.73 Å². The Kier molecular flexibility index (Phi) is 2.79. The maximum atomic E-state index is 5.79. The van der Waals surface area contributed by atoms with Gasteiger partial charge in [0.05, 0.1) is 0 Å². The number of nitrogen functional groups attached to an aromatic ring is 1. The Hall–Kier alpha value is -0.540. The van der Waals surface area contributed by atoms with Crippen molar-refractivity contribution in [1.82, 2.24) is 0 Å². The summed E-state index contributed by atoms with van der Waals surface area (Å²) in [5.74, 6) is 0. The molecule has 0 radical (unpaired) electrons. The van der Waals surface area contributed by atoms with E-state index in [0.29, 0.717) is 0 Å². The second-order valence-electron chi connectivity index (χ2n) is 3.25. The van der Waals surface area contributed by atoms with Crippen molar-refractivity contribution < 1.29 is 0 Å². The van der Waals surface area contributed by atoms with Crippen LogP contribution in [0.2, 0.25) is 0 Å². The van der Waals surface area contributed by atoms with Gasteiger partial charge in [0.25, 0.3) is 0 Å². The van der Waals surface area contributed by atoms with Crippen LogP contribution in [0.3, 0.4) is 0 Å². The van der Waals surface area contributed by atoms with Crippen molar-refractivity contribution in [2.24, 2.45) is 0 Å². The van der Waals surface area contributed by atoms with Crippen LogP contribution in [-0.4, -0.2) is 0 Å². The van der Waals surface area contributed by atoms with Crippen LogP contribution in [0.15, 0.2) is 18.2 Å². The molecule has 0 amide bonds. The van der Waals surface area contributed by atoms with E-state index in [2.05, 4.69) is 35.0 Å². The number of nitrogens with two attached hydrogens (primary N) is 1. The van der Waals surface area contributed by atoms with E-state index < -0.39 is 0 Å². The van der Waals surface area contributed by atoms with Gasteiger partial charge in [-0.3, -0.25) is 0 Å². The molecular formula is C11H12BrNS. The highest BCUT2D eigenvalue weighted by Gasteiger charge is 2.09. The molecule has 74 valence electrons. The largest absolute Gasteiger partial charge is 0.399 e. The second kappa shape index (κ2) is 3.91. The number of hydrogen-bond acceptors (Lipinski definition) is 2. The number of rotatable bonds is 2. The number of halogens is 1. The van der Waals surface area contributed by atoms with E-state index in [0.717, 1.165) is 17.4 Å². The third kappa shape index (κ3) is 1.55. The minimum absolute atomic E-state index is 0.847. The standard InChI is InChI=1S/C11H12BrNS/c1-2-10-9(6-12)8-5-7(13)3-4-11(8)14-10/h3-5H,2,6,13H2,1H3. The third-order valence-corrected chi connectivity index (χ3v) is 4.27. The van der Waals surface area contributed by atoms with Gasteiger partial charge in [-0.25, -0.2) is 0 Å². The van der Waals surface area contributed by atoms with Gasteiger partial charge in [-0.1, -0.05) is 22.9 Å². The average Bonchev–Trinajstić information content (AvgIpc) is 2.54. The van der Waals surface area contributed by atoms with Crippen LogP contribution in [0.4, 0.5) is 5.69 Å². The molecule has 1 aromatic carbocycles. The van der Waals surface area contributed by atoms with Gasteiger partial charge in [0.15, 0.2) is 0 Å². The van der Waals surface area contributed by atoms with E-state index in [1.807, 2.05) is 17.4 Å². The van der Waals surface area contributed by atoms with E-state index >= 15 is 0 Å². The van der Waals surface area contributed by atoms with Gasteiger partial charge in [-0.2, -0.15) is 0 Å². The van der Waals surface area contributed by atoms with Crippen LogP contribution in [0, 0.1) is 0 Å². The molecular weight excluding hydrogens is 258 g/mol. The summed E-state index contributed by atoms with van der Waals surface area (Å²) >= 11 is 5.41. The number of benzene rings is 1. The Labute approximate surface area is 96.1 Å². The summed E-state index contributed by atoms with van der Waals surface area (Å²) in [4.78, 5) is 1.46. The molecule has 0 atom stereocenters. The summed E-state index contributed by atoms with van der Waals surface area (Å²) in [6, 6.07) is 6.15. The SMILES string of the molecule is CCc1sc2ccc(N)cc2c1CBr. The zero-order chi connectivity index (χ0) is 10.1. The van der Waals surface area contributed by atoms with E-state index in [1.54, 1.807) is 0 Å². The maximum absolute atomic E-state index is 5.79. The zero-order valence-corrected chi connectivity index (χ0v) is 10.4. The van der Waals surface area contributed by atoms with Crippen molar-refractivity contribution in [2.75, 3.05) is 5.73 Å². The number of anilines is 1. The molecule has 0 aliphatic carbocycles. The Morgan fingerprint density at radius 2 is 2.21 bits per heavy atom. The van der Waals surface area contributed by atoms with Crippen molar-refractivity contribution in [3.8, 4) is 0 Å². The van der Waals surface area contributed by atoms with Crippen molar-refractivity contribution in [3.05, 3.63) is 28.6 Å². The first kappa shape index (κ1) is 9.99. The van der Waals surface area contributed by atoms with Gasteiger partial charge < -0.3 is 5.73 Å². The first-order valence-electron chi connectivity index (χ1n) is 4.62. The highest BCUT2D eigenvalue weighted by molar-refractivity contribution is 9.08. The van der Waals surface area contributed by atoms with Crippen molar-refractivity contribution in [3.63, 3.8) is 0 Å². The van der Waals surface area contributed by atoms with Crippen LogP contribution in [0.5, 0.6) is 0 Å². The molecule has 2 rings (SSSR count).